The van der Waals surface area contributed by atoms with Crippen LogP contribution in [0.3, 0.4) is 0 Å². The van der Waals surface area contributed by atoms with Gasteiger partial charge in [0.05, 0.1) is 16.1 Å². The number of halogens is 3. The van der Waals surface area contributed by atoms with Crippen LogP contribution in [0, 0.1) is 5.82 Å². The summed E-state index contributed by atoms with van der Waals surface area (Å²) < 4.78 is 15.5. The lowest BCUT2D eigenvalue weighted by Gasteiger charge is -2.32. The van der Waals surface area contributed by atoms with Crippen molar-refractivity contribution in [3.05, 3.63) is 87.7 Å². The molecule has 0 unspecified atom stereocenters. The van der Waals surface area contributed by atoms with Gasteiger partial charge in [0.25, 0.3) is 5.91 Å². The van der Waals surface area contributed by atoms with E-state index in [1.807, 2.05) is 33.7 Å². The molecule has 3 aromatic carbocycles. The molecule has 1 aliphatic rings. The summed E-state index contributed by atoms with van der Waals surface area (Å²) in [6.45, 7) is 3.60. The van der Waals surface area contributed by atoms with Crippen LogP contribution in [0.25, 0.3) is 22.4 Å². The Labute approximate surface area is 207 Å². The zero-order chi connectivity index (χ0) is 23.8. The van der Waals surface area contributed by atoms with Crippen LogP contribution in [0.2, 0.25) is 10.0 Å². The van der Waals surface area contributed by atoms with Crippen molar-refractivity contribution in [1.29, 1.82) is 0 Å². The third kappa shape index (κ3) is 4.53. The molecule has 0 saturated carbocycles. The van der Waals surface area contributed by atoms with Gasteiger partial charge in [-0.15, -0.1) is 0 Å². The zero-order valence-corrected chi connectivity index (χ0v) is 20.2. The molecule has 8 heteroatoms. The van der Waals surface area contributed by atoms with Crippen molar-refractivity contribution in [1.82, 2.24) is 19.4 Å². The minimum atomic E-state index is -0.285. The first-order chi connectivity index (χ1) is 16.4. The van der Waals surface area contributed by atoms with Crippen LogP contribution >= 0.6 is 23.2 Å². The molecule has 1 amide bonds. The van der Waals surface area contributed by atoms with E-state index < -0.39 is 0 Å². The second-order valence-corrected chi connectivity index (χ2v) is 9.41. The number of carbonyl (C=O) groups excluding carboxylic acids is 1. The molecule has 0 bridgehead atoms. The van der Waals surface area contributed by atoms with E-state index >= 15 is 0 Å². The van der Waals surface area contributed by atoms with E-state index in [9.17, 15) is 9.18 Å². The Bertz CT molecular complexity index is 1360. The van der Waals surface area contributed by atoms with Gasteiger partial charge in [-0.05, 0) is 61.1 Å². The maximum Gasteiger partial charge on any atom is 0.254 e. The van der Waals surface area contributed by atoms with Crippen molar-refractivity contribution in [2.75, 3.05) is 33.2 Å². The van der Waals surface area contributed by atoms with Gasteiger partial charge in [-0.2, -0.15) is 0 Å². The number of likely N-dealkylation sites (N-methyl/N-ethyl adjacent to an activating group) is 1. The summed E-state index contributed by atoms with van der Waals surface area (Å²) >= 11 is 12.6. The molecule has 0 spiro atoms. The second-order valence-electron chi connectivity index (χ2n) is 8.57. The largest absolute Gasteiger partial charge is 0.336 e. The average molecular weight is 497 g/mol. The normalized spacial score (nSPS) is 14.6. The molecule has 1 saturated heterocycles. The molecular weight excluding hydrogens is 474 g/mol. The standard InChI is InChI=1S/C26H23Cl2FN4O/c1-31-10-12-32(13-11-31)26(34)18-4-9-24-23(14-18)30-25(21-8-5-19(27)15-22(21)28)33(24)16-17-2-6-20(29)7-3-17/h2-9,14-15H,10-13,16H2,1H3. The van der Waals surface area contributed by atoms with E-state index in [0.717, 1.165) is 29.7 Å². The highest BCUT2D eigenvalue weighted by atomic mass is 35.5. The predicted octanol–water partition coefficient (Wildman–Crippen LogP) is 5.59. The number of rotatable bonds is 4. The molecule has 1 aromatic heterocycles. The Morgan fingerprint density at radius 3 is 2.41 bits per heavy atom. The molecule has 34 heavy (non-hydrogen) atoms. The fourth-order valence-electron chi connectivity index (χ4n) is 4.26. The fourth-order valence-corrected chi connectivity index (χ4v) is 4.76. The van der Waals surface area contributed by atoms with Crippen molar-refractivity contribution in [3.8, 4) is 11.4 Å². The number of imidazole rings is 1. The number of hydrogen-bond donors (Lipinski definition) is 0. The zero-order valence-electron chi connectivity index (χ0n) is 18.6. The van der Waals surface area contributed by atoms with Crippen molar-refractivity contribution < 1.29 is 9.18 Å². The molecule has 2 heterocycles. The van der Waals surface area contributed by atoms with E-state index in [1.54, 1.807) is 24.3 Å². The summed E-state index contributed by atoms with van der Waals surface area (Å²) in [5.41, 5.74) is 3.82. The summed E-state index contributed by atoms with van der Waals surface area (Å²) in [6, 6.07) is 17.3. The van der Waals surface area contributed by atoms with Gasteiger partial charge in [0, 0.05) is 48.9 Å². The van der Waals surface area contributed by atoms with Crippen molar-refractivity contribution in [3.63, 3.8) is 0 Å². The maximum absolute atomic E-state index is 13.5. The SMILES string of the molecule is CN1CCN(C(=O)c2ccc3c(c2)nc(-c2ccc(Cl)cc2Cl)n3Cc2ccc(F)cc2)CC1. The Morgan fingerprint density at radius 2 is 1.71 bits per heavy atom. The first kappa shape index (κ1) is 22.8. The number of benzene rings is 3. The topological polar surface area (TPSA) is 41.4 Å². The van der Waals surface area contributed by atoms with Crippen LogP contribution in [0.15, 0.2) is 60.7 Å². The van der Waals surface area contributed by atoms with Gasteiger partial charge in [0.15, 0.2) is 0 Å². The molecule has 4 aromatic rings. The number of carbonyl (C=O) groups is 1. The third-order valence-corrected chi connectivity index (χ3v) is 6.76. The Morgan fingerprint density at radius 1 is 0.971 bits per heavy atom. The number of nitrogens with zero attached hydrogens (tertiary/aromatic N) is 4. The third-order valence-electron chi connectivity index (χ3n) is 6.21. The Hall–Kier alpha value is -2.93. The van der Waals surface area contributed by atoms with Crippen LogP contribution in [-0.2, 0) is 6.54 Å². The second kappa shape index (κ2) is 9.37. The smallest absolute Gasteiger partial charge is 0.254 e. The summed E-state index contributed by atoms with van der Waals surface area (Å²) in [5.74, 6) is 0.381. The highest BCUT2D eigenvalue weighted by molar-refractivity contribution is 6.36. The van der Waals surface area contributed by atoms with Gasteiger partial charge >= 0.3 is 0 Å². The molecule has 0 radical (unpaired) electrons. The first-order valence-corrected chi connectivity index (χ1v) is 11.8. The summed E-state index contributed by atoms with van der Waals surface area (Å²) in [7, 11) is 2.06. The van der Waals surface area contributed by atoms with Gasteiger partial charge in [0.2, 0.25) is 0 Å². The van der Waals surface area contributed by atoms with Gasteiger partial charge in [-0.25, -0.2) is 9.37 Å². The molecule has 5 rings (SSSR count). The van der Waals surface area contributed by atoms with Gasteiger partial charge in [-0.3, -0.25) is 4.79 Å². The van der Waals surface area contributed by atoms with Crippen LogP contribution in [0.4, 0.5) is 4.39 Å². The van der Waals surface area contributed by atoms with E-state index in [2.05, 4.69) is 11.9 Å². The van der Waals surface area contributed by atoms with Gasteiger partial charge in [0.1, 0.15) is 11.6 Å². The summed E-state index contributed by atoms with van der Waals surface area (Å²) in [5, 5.41) is 1.02. The number of piperazine rings is 1. The Kier molecular flexibility index (Phi) is 6.30. The predicted molar refractivity (Wildman–Crippen MR) is 134 cm³/mol. The molecule has 174 valence electrons. The minimum Gasteiger partial charge on any atom is -0.336 e. The molecule has 1 aliphatic heterocycles. The van der Waals surface area contributed by atoms with Crippen LogP contribution < -0.4 is 0 Å². The number of amides is 1. The Balaban J connectivity index is 1.58. The van der Waals surface area contributed by atoms with Gasteiger partial charge in [-0.1, -0.05) is 35.3 Å². The number of aromatic nitrogens is 2. The van der Waals surface area contributed by atoms with Crippen LogP contribution in [0.1, 0.15) is 15.9 Å². The highest BCUT2D eigenvalue weighted by Crippen LogP contribution is 2.33. The number of fused-ring (bicyclic) bond motifs is 1. The minimum absolute atomic E-state index is 0.00848. The maximum atomic E-state index is 13.5. The lowest BCUT2D eigenvalue weighted by Crippen LogP contribution is -2.47. The fraction of sp³-hybridized carbons (Fsp3) is 0.231. The lowest BCUT2D eigenvalue weighted by atomic mass is 10.1. The summed E-state index contributed by atoms with van der Waals surface area (Å²) in [4.78, 5) is 22.1. The van der Waals surface area contributed by atoms with Crippen molar-refractivity contribution in [2.24, 2.45) is 0 Å². The quantitative estimate of drug-likeness (QED) is 0.370. The molecular formula is C26H23Cl2FN4O. The molecule has 0 N–H and O–H groups in total. The van der Waals surface area contributed by atoms with E-state index in [0.29, 0.717) is 46.6 Å². The highest BCUT2D eigenvalue weighted by Gasteiger charge is 2.22. The summed E-state index contributed by atoms with van der Waals surface area (Å²) in [6.07, 6.45) is 0. The van der Waals surface area contributed by atoms with E-state index in [1.165, 1.54) is 12.1 Å². The molecule has 0 aliphatic carbocycles. The monoisotopic (exact) mass is 496 g/mol. The average Bonchev–Trinajstić information content (AvgIpc) is 3.17. The molecule has 1 fully saturated rings. The number of hydrogen-bond acceptors (Lipinski definition) is 3. The lowest BCUT2D eigenvalue weighted by molar-refractivity contribution is 0.0664. The molecule has 5 nitrogen and oxygen atoms in total. The van der Waals surface area contributed by atoms with Crippen molar-refractivity contribution >= 4 is 40.1 Å². The van der Waals surface area contributed by atoms with E-state index in [4.69, 9.17) is 28.2 Å². The van der Waals surface area contributed by atoms with E-state index in [-0.39, 0.29) is 11.7 Å². The first-order valence-electron chi connectivity index (χ1n) is 11.1. The molecule has 0 atom stereocenters. The van der Waals surface area contributed by atoms with Crippen LogP contribution in [0.5, 0.6) is 0 Å². The van der Waals surface area contributed by atoms with Gasteiger partial charge < -0.3 is 14.4 Å². The van der Waals surface area contributed by atoms with Crippen LogP contribution in [-0.4, -0.2) is 58.5 Å². The van der Waals surface area contributed by atoms with Crippen molar-refractivity contribution in [2.45, 2.75) is 6.54 Å².